The minimum absolute atomic E-state index is 0.0692. The van der Waals surface area contributed by atoms with E-state index >= 15 is 0 Å². The fourth-order valence-electron chi connectivity index (χ4n) is 3.49. The zero-order valence-corrected chi connectivity index (χ0v) is 21.7. The third-order valence-corrected chi connectivity index (χ3v) is 5.48. The fraction of sp³-hybridized carbons (Fsp3) is 0.348. The topological polar surface area (TPSA) is 182 Å². The molecule has 1 saturated carbocycles. The van der Waals surface area contributed by atoms with Crippen LogP contribution in [0.4, 0.5) is 17.2 Å². The van der Waals surface area contributed by atoms with E-state index in [1.165, 1.54) is 20.3 Å². The Labute approximate surface area is 233 Å². The van der Waals surface area contributed by atoms with Gasteiger partial charge in [-0.1, -0.05) is 16.5 Å². The van der Waals surface area contributed by atoms with Gasteiger partial charge < -0.3 is 35.3 Å². The minimum Gasteiger partial charge on any atom is -0.494 e. The number of anilines is 3. The monoisotopic (exact) mass is 540 g/mol. The number of ether oxygens (including phenoxy) is 2. The molecule has 0 unspecified atom stereocenters. The lowest BCUT2D eigenvalue weighted by atomic mass is 9.49. The zero-order chi connectivity index (χ0) is 28.9. The van der Waals surface area contributed by atoms with Crippen LogP contribution in [0.2, 0.25) is 0 Å². The van der Waals surface area contributed by atoms with Crippen LogP contribution in [0.3, 0.4) is 0 Å². The number of nitrogens with one attached hydrogen (secondary N) is 4. The number of amides is 3. The van der Waals surface area contributed by atoms with Gasteiger partial charge in [-0.25, -0.2) is 0 Å². The first-order valence-electron chi connectivity index (χ1n) is 12.0. The van der Waals surface area contributed by atoms with Gasteiger partial charge in [-0.15, -0.1) is 10.2 Å². The molecule has 0 aliphatic heterocycles. The maximum atomic E-state index is 12.8. The fourth-order valence-corrected chi connectivity index (χ4v) is 3.49. The van der Waals surface area contributed by atoms with Crippen molar-refractivity contribution in [1.29, 1.82) is 0 Å². The molecule has 6 radical (unpaired) electrons. The van der Waals surface area contributed by atoms with Gasteiger partial charge in [0.1, 0.15) is 0 Å². The summed E-state index contributed by atoms with van der Waals surface area (Å²) in [7, 11) is 19.5. The number of rotatable bonds is 12. The van der Waals surface area contributed by atoms with E-state index in [0.29, 0.717) is 17.9 Å². The number of hydrogen-bond donors (Lipinski definition) is 4. The van der Waals surface area contributed by atoms with E-state index in [1.54, 1.807) is 18.2 Å². The van der Waals surface area contributed by atoms with E-state index in [4.69, 9.17) is 37.5 Å². The average molecular weight is 540 g/mol. The smallest absolute Gasteiger partial charge is 0.316 e. The molecule has 14 nitrogen and oxygen atoms in total. The van der Waals surface area contributed by atoms with Crippen LogP contribution in [-0.2, 0) is 9.53 Å². The Kier molecular flexibility index (Phi) is 8.72. The van der Waals surface area contributed by atoms with Crippen LogP contribution in [0.15, 0.2) is 28.8 Å². The van der Waals surface area contributed by atoms with Crippen LogP contribution in [0.5, 0.6) is 5.75 Å². The Bertz CT molecular complexity index is 1410. The molecule has 1 aromatic carbocycles. The number of hydrogen-bond acceptors (Lipinski definition) is 11. The molecule has 2 heterocycles. The van der Waals surface area contributed by atoms with Crippen molar-refractivity contribution in [1.82, 2.24) is 31.0 Å². The standard InChI is InChI=1S/C23H23B3N8O6/c1-38-9-8-27-21(37)22-30-18(34-40-22)12-4-3-5-13(17(12)39-2)28-14-10-15(29-19(35)11-6-7-11)32-33-16(14)20(36)31-23(24,25)26/h3-5,10-11H,6-9H2,1-2H3,(H,27,37)(H,31,36)(H2,28,29,32,35). The van der Waals surface area contributed by atoms with E-state index in [-0.39, 0.29) is 53.0 Å². The highest BCUT2D eigenvalue weighted by atomic mass is 16.5. The maximum Gasteiger partial charge on any atom is 0.316 e. The van der Waals surface area contributed by atoms with Crippen LogP contribution in [-0.4, -0.2) is 94.2 Å². The molecule has 4 rings (SSSR count). The molecule has 2 aromatic heterocycles. The predicted octanol–water partition coefficient (Wildman–Crippen LogP) is -0.150. The van der Waals surface area contributed by atoms with Gasteiger partial charge in [-0.3, -0.25) is 14.4 Å². The molecule has 1 aliphatic rings. The molecule has 40 heavy (non-hydrogen) atoms. The normalized spacial score (nSPS) is 12.8. The Hall–Kier alpha value is -4.40. The molecule has 0 atom stereocenters. The largest absolute Gasteiger partial charge is 0.494 e. The van der Waals surface area contributed by atoms with E-state index < -0.39 is 17.1 Å². The Balaban J connectivity index is 1.66. The second-order valence-corrected chi connectivity index (χ2v) is 8.83. The maximum absolute atomic E-state index is 12.8. The van der Waals surface area contributed by atoms with Gasteiger partial charge in [-0.2, -0.15) is 4.98 Å². The molecular weight excluding hydrogens is 517 g/mol. The van der Waals surface area contributed by atoms with Crippen molar-refractivity contribution in [2.45, 2.75) is 18.1 Å². The molecule has 0 bridgehead atoms. The number of aromatic nitrogens is 4. The van der Waals surface area contributed by atoms with Crippen LogP contribution < -0.4 is 26.0 Å². The Morgan fingerprint density at radius 1 is 1.10 bits per heavy atom. The van der Waals surface area contributed by atoms with Gasteiger partial charge in [0.05, 0.1) is 54.2 Å². The third-order valence-electron chi connectivity index (χ3n) is 5.48. The van der Waals surface area contributed by atoms with Gasteiger partial charge in [0.25, 0.3) is 5.91 Å². The lowest BCUT2D eigenvalue weighted by Crippen LogP contribution is -2.50. The number of methoxy groups -OCH3 is 2. The number of nitrogens with zero attached hydrogens (tertiary/aromatic N) is 4. The molecule has 1 aliphatic carbocycles. The van der Waals surface area contributed by atoms with Crippen molar-refractivity contribution < 1.29 is 28.4 Å². The van der Waals surface area contributed by atoms with Crippen LogP contribution >= 0.6 is 0 Å². The lowest BCUT2D eigenvalue weighted by molar-refractivity contribution is -0.117. The number of carbonyl (C=O) groups excluding carboxylic acids is 3. The summed E-state index contributed by atoms with van der Waals surface area (Å²) < 4.78 is 15.6. The molecule has 4 N–H and O–H groups in total. The SMILES string of the molecule is [B]C([B])([B])NC(=O)c1nnc(NC(=O)C2CC2)cc1Nc1cccc(-c2noc(C(=O)NCCOC)n2)c1OC. The molecule has 200 valence electrons. The van der Waals surface area contributed by atoms with Crippen molar-refractivity contribution in [3.8, 4) is 17.1 Å². The summed E-state index contributed by atoms with van der Waals surface area (Å²) in [4.78, 5) is 41.5. The average Bonchev–Trinajstić information content (AvgIpc) is 3.64. The van der Waals surface area contributed by atoms with Gasteiger partial charge in [0.2, 0.25) is 11.7 Å². The first kappa shape index (κ1) is 28.6. The number of benzene rings is 1. The highest BCUT2D eigenvalue weighted by Gasteiger charge is 2.30. The van der Waals surface area contributed by atoms with E-state index in [1.807, 2.05) is 0 Å². The summed E-state index contributed by atoms with van der Waals surface area (Å²) in [5.41, 5.74) is 0.603. The third kappa shape index (κ3) is 7.17. The second-order valence-electron chi connectivity index (χ2n) is 8.83. The molecular formula is C23H23B3N8O6. The number of carbonyl (C=O) groups is 3. The highest BCUT2D eigenvalue weighted by molar-refractivity contribution is 6.60. The first-order valence-corrected chi connectivity index (χ1v) is 12.0. The molecule has 1 fully saturated rings. The Morgan fingerprint density at radius 2 is 1.88 bits per heavy atom. The van der Waals surface area contributed by atoms with E-state index in [0.717, 1.165) is 12.8 Å². The van der Waals surface area contributed by atoms with Gasteiger partial charge in [0, 0.05) is 25.6 Å². The van der Waals surface area contributed by atoms with E-state index in [2.05, 4.69) is 41.6 Å². The summed E-state index contributed by atoms with van der Waals surface area (Å²) in [6.07, 6.45) is 1.57. The molecule has 17 heteroatoms. The van der Waals surface area contributed by atoms with Gasteiger partial charge in [-0.05, 0) is 25.0 Å². The van der Waals surface area contributed by atoms with Crippen molar-refractivity contribution in [2.75, 3.05) is 38.0 Å². The quantitative estimate of drug-likeness (QED) is 0.177. The van der Waals surface area contributed by atoms with Crippen LogP contribution in [0, 0.1) is 5.92 Å². The van der Waals surface area contributed by atoms with Gasteiger partial charge >= 0.3 is 11.8 Å². The van der Waals surface area contributed by atoms with Crippen LogP contribution in [0.1, 0.15) is 34.0 Å². The lowest BCUT2D eigenvalue weighted by Gasteiger charge is -2.23. The van der Waals surface area contributed by atoms with Crippen molar-refractivity contribution in [3.05, 3.63) is 35.9 Å². The molecule has 0 saturated heterocycles. The predicted molar refractivity (Wildman–Crippen MR) is 145 cm³/mol. The van der Waals surface area contributed by atoms with Gasteiger partial charge in [0.15, 0.2) is 17.3 Å². The van der Waals surface area contributed by atoms with Crippen LogP contribution in [0.25, 0.3) is 11.4 Å². The minimum atomic E-state index is -2.03. The van der Waals surface area contributed by atoms with Crippen molar-refractivity contribution >= 4 is 58.5 Å². The Morgan fingerprint density at radius 3 is 2.55 bits per heavy atom. The molecule has 0 spiro atoms. The zero-order valence-electron chi connectivity index (χ0n) is 21.7. The first-order chi connectivity index (χ1) is 19.1. The number of para-hydroxylation sites is 1. The van der Waals surface area contributed by atoms with Crippen molar-refractivity contribution in [3.63, 3.8) is 0 Å². The highest BCUT2D eigenvalue weighted by Crippen LogP contribution is 2.37. The summed E-state index contributed by atoms with van der Waals surface area (Å²) in [5, 5.41) is 20.2. The second kappa shape index (κ2) is 12.2. The summed E-state index contributed by atoms with van der Waals surface area (Å²) in [5.74, 6) is -1.54. The molecule has 3 amide bonds. The summed E-state index contributed by atoms with van der Waals surface area (Å²) in [6, 6.07) is 6.36. The molecule has 3 aromatic rings. The van der Waals surface area contributed by atoms with E-state index in [9.17, 15) is 14.4 Å². The van der Waals surface area contributed by atoms with Crippen molar-refractivity contribution in [2.24, 2.45) is 5.92 Å². The summed E-state index contributed by atoms with van der Waals surface area (Å²) in [6.45, 7) is 0.571. The summed E-state index contributed by atoms with van der Waals surface area (Å²) >= 11 is 0.